The van der Waals surface area contributed by atoms with Gasteiger partial charge in [0.25, 0.3) is 0 Å². The zero-order chi connectivity index (χ0) is 24.9. The zero-order valence-corrected chi connectivity index (χ0v) is 20.2. The van der Waals surface area contributed by atoms with Crippen LogP contribution in [0.15, 0.2) is 48.5 Å². The number of fused-ring (bicyclic) bond motifs is 3. The van der Waals surface area contributed by atoms with Gasteiger partial charge in [-0.05, 0) is 55.6 Å². The topological polar surface area (TPSA) is 108 Å². The van der Waals surface area contributed by atoms with E-state index in [4.69, 9.17) is 4.74 Å². The molecule has 3 atom stereocenters. The number of nitrogens with one attached hydrogen (secondary N) is 2. The number of carboxylic acid groups (broad SMARTS) is 1. The molecule has 2 aliphatic rings. The first-order valence-electron chi connectivity index (χ1n) is 12.1. The second-order valence-corrected chi connectivity index (χ2v) is 9.61. The summed E-state index contributed by atoms with van der Waals surface area (Å²) in [4.78, 5) is 39.0. The van der Waals surface area contributed by atoms with E-state index in [1.165, 1.54) is 0 Å². The van der Waals surface area contributed by atoms with Crippen molar-refractivity contribution < 1.29 is 24.2 Å². The van der Waals surface area contributed by atoms with Gasteiger partial charge in [0.2, 0.25) is 5.91 Å². The molecule has 0 spiro atoms. The highest BCUT2D eigenvalue weighted by Crippen LogP contribution is 2.44. The first-order chi connectivity index (χ1) is 16.8. The van der Waals surface area contributed by atoms with Crippen LogP contribution in [0.2, 0.25) is 0 Å². The predicted octanol–water partition coefficient (Wildman–Crippen LogP) is 3.21. The van der Waals surface area contributed by atoms with Crippen molar-refractivity contribution in [2.24, 2.45) is 5.92 Å². The quantitative estimate of drug-likeness (QED) is 0.510. The first kappa shape index (κ1) is 24.7. The van der Waals surface area contributed by atoms with Crippen LogP contribution in [0, 0.1) is 5.92 Å². The molecule has 4 rings (SSSR count). The van der Waals surface area contributed by atoms with Gasteiger partial charge < -0.3 is 25.4 Å². The van der Waals surface area contributed by atoms with Crippen molar-refractivity contribution in [2.75, 3.05) is 27.2 Å². The fraction of sp³-hybridized carbons (Fsp3) is 0.444. The maximum atomic E-state index is 12.9. The zero-order valence-electron chi connectivity index (χ0n) is 20.2. The van der Waals surface area contributed by atoms with Gasteiger partial charge in [-0.3, -0.25) is 4.79 Å². The Kier molecular flexibility index (Phi) is 7.70. The van der Waals surface area contributed by atoms with Crippen LogP contribution in [-0.2, 0) is 14.3 Å². The standard InChI is InChI=1S/C27H33N3O5/c1-30(2)15-14-24(26(32)33)28-25(31)21-12-7-13-23(21)29-27(34)35-16-22-19-10-5-3-8-17(19)18-9-4-6-11-20(18)22/h3-6,8-11,21-24H,7,12-16H2,1-2H3,(H,28,31)(H,29,34)(H,32,33)/t21-,23+,24?/m0/s1. The van der Waals surface area contributed by atoms with Crippen LogP contribution in [0.1, 0.15) is 42.7 Å². The second-order valence-electron chi connectivity index (χ2n) is 9.61. The molecule has 0 aliphatic heterocycles. The summed E-state index contributed by atoms with van der Waals surface area (Å²) >= 11 is 0. The Morgan fingerprint density at radius 3 is 2.26 bits per heavy atom. The molecular formula is C27H33N3O5. The molecule has 35 heavy (non-hydrogen) atoms. The van der Waals surface area contributed by atoms with Crippen LogP contribution in [0.3, 0.4) is 0 Å². The fourth-order valence-corrected chi connectivity index (χ4v) is 5.16. The number of carbonyl (C=O) groups excluding carboxylic acids is 2. The predicted molar refractivity (Wildman–Crippen MR) is 132 cm³/mol. The van der Waals surface area contributed by atoms with E-state index < -0.39 is 24.0 Å². The number of nitrogens with zero attached hydrogens (tertiary/aromatic N) is 1. The van der Waals surface area contributed by atoms with Crippen molar-refractivity contribution in [1.82, 2.24) is 15.5 Å². The molecule has 0 heterocycles. The monoisotopic (exact) mass is 479 g/mol. The van der Waals surface area contributed by atoms with Gasteiger partial charge in [0.15, 0.2) is 0 Å². The van der Waals surface area contributed by atoms with Crippen molar-refractivity contribution in [3.05, 3.63) is 59.7 Å². The highest BCUT2D eigenvalue weighted by Gasteiger charge is 2.36. The number of benzene rings is 2. The van der Waals surface area contributed by atoms with Crippen LogP contribution >= 0.6 is 0 Å². The summed E-state index contributed by atoms with van der Waals surface area (Å²) in [6.07, 6.45) is 1.78. The summed E-state index contributed by atoms with van der Waals surface area (Å²) in [7, 11) is 3.71. The van der Waals surface area contributed by atoms with Crippen LogP contribution in [0.5, 0.6) is 0 Å². The molecule has 2 aromatic carbocycles. The molecule has 2 aliphatic carbocycles. The minimum atomic E-state index is -1.06. The highest BCUT2D eigenvalue weighted by atomic mass is 16.5. The maximum absolute atomic E-state index is 12.9. The Balaban J connectivity index is 1.34. The molecule has 8 nitrogen and oxygen atoms in total. The molecule has 0 saturated heterocycles. The Bertz CT molecular complexity index is 1040. The summed E-state index contributed by atoms with van der Waals surface area (Å²) in [6, 6.07) is 14.9. The third-order valence-corrected chi connectivity index (χ3v) is 6.98. The van der Waals surface area contributed by atoms with Crippen molar-refractivity contribution in [3.8, 4) is 11.1 Å². The molecule has 2 aromatic rings. The summed E-state index contributed by atoms with van der Waals surface area (Å²) in [5.41, 5.74) is 4.59. The van der Waals surface area contributed by atoms with Crippen molar-refractivity contribution in [2.45, 2.75) is 43.7 Å². The van der Waals surface area contributed by atoms with E-state index in [0.29, 0.717) is 25.8 Å². The maximum Gasteiger partial charge on any atom is 0.407 e. The summed E-state index contributed by atoms with van der Waals surface area (Å²) in [5.74, 6) is -1.91. The van der Waals surface area contributed by atoms with Gasteiger partial charge in [0.1, 0.15) is 12.6 Å². The lowest BCUT2D eigenvalue weighted by Crippen LogP contribution is -2.49. The molecule has 0 bridgehead atoms. The number of amides is 2. The van der Waals surface area contributed by atoms with Crippen molar-refractivity contribution in [1.29, 1.82) is 0 Å². The van der Waals surface area contributed by atoms with Crippen molar-refractivity contribution >= 4 is 18.0 Å². The van der Waals surface area contributed by atoms with Crippen LogP contribution < -0.4 is 10.6 Å². The minimum absolute atomic E-state index is 0.0381. The molecule has 1 unspecified atom stereocenters. The first-order valence-corrected chi connectivity index (χ1v) is 12.1. The lowest BCUT2D eigenvalue weighted by Gasteiger charge is -2.23. The second kappa shape index (κ2) is 10.9. The molecule has 0 aromatic heterocycles. The van der Waals surface area contributed by atoms with Gasteiger partial charge in [0.05, 0.1) is 5.92 Å². The minimum Gasteiger partial charge on any atom is -0.480 e. The summed E-state index contributed by atoms with van der Waals surface area (Å²) in [6.45, 7) is 0.748. The summed E-state index contributed by atoms with van der Waals surface area (Å²) in [5, 5.41) is 15.0. The number of carbonyl (C=O) groups is 3. The van der Waals surface area contributed by atoms with E-state index in [9.17, 15) is 19.5 Å². The molecule has 0 radical (unpaired) electrons. The van der Waals surface area contributed by atoms with Crippen LogP contribution in [0.25, 0.3) is 11.1 Å². The lowest BCUT2D eigenvalue weighted by molar-refractivity contribution is -0.142. The highest BCUT2D eigenvalue weighted by molar-refractivity contribution is 5.86. The normalized spacial score (nSPS) is 19.6. The van der Waals surface area contributed by atoms with Gasteiger partial charge in [-0.15, -0.1) is 0 Å². The Hall–Kier alpha value is -3.39. The molecular weight excluding hydrogens is 446 g/mol. The van der Waals surface area contributed by atoms with Gasteiger partial charge in [-0.1, -0.05) is 55.0 Å². The molecule has 2 amide bonds. The van der Waals surface area contributed by atoms with Crippen molar-refractivity contribution in [3.63, 3.8) is 0 Å². The smallest absolute Gasteiger partial charge is 0.407 e. The molecule has 8 heteroatoms. The van der Waals surface area contributed by atoms with E-state index >= 15 is 0 Å². The number of aliphatic carboxylic acids is 1. The van der Waals surface area contributed by atoms with Gasteiger partial charge in [-0.2, -0.15) is 0 Å². The van der Waals surface area contributed by atoms with E-state index in [1.54, 1.807) is 0 Å². The van der Waals surface area contributed by atoms with Crippen LogP contribution in [-0.4, -0.2) is 67.3 Å². The number of hydrogen-bond acceptors (Lipinski definition) is 5. The van der Waals surface area contributed by atoms with Gasteiger partial charge >= 0.3 is 12.1 Å². The van der Waals surface area contributed by atoms with Crippen LogP contribution in [0.4, 0.5) is 4.79 Å². The third-order valence-electron chi connectivity index (χ3n) is 6.98. The van der Waals surface area contributed by atoms with E-state index in [1.807, 2.05) is 43.3 Å². The Morgan fingerprint density at radius 2 is 1.66 bits per heavy atom. The molecule has 1 fully saturated rings. The Morgan fingerprint density at radius 1 is 1.03 bits per heavy atom. The van der Waals surface area contributed by atoms with E-state index in [0.717, 1.165) is 28.7 Å². The number of hydrogen-bond donors (Lipinski definition) is 3. The average molecular weight is 480 g/mol. The van der Waals surface area contributed by atoms with E-state index in [-0.39, 0.29) is 24.5 Å². The SMILES string of the molecule is CN(C)CCC(NC(=O)[C@H]1CCC[C@H]1NC(=O)OCC1c2ccccc2-c2ccccc21)C(=O)O. The number of alkyl carbamates (subject to hydrolysis) is 1. The Labute approximate surface area is 205 Å². The molecule has 186 valence electrons. The molecule has 1 saturated carbocycles. The third kappa shape index (κ3) is 5.65. The summed E-state index contributed by atoms with van der Waals surface area (Å²) < 4.78 is 5.63. The molecule has 3 N–H and O–H groups in total. The fourth-order valence-electron chi connectivity index (χ4n) is 5.16. The number of rotatable bonds is 9. The number of carboxylic acids is 1. The average Bonchev–Trinajstić information content (AvgIpc) is 3.42. The van der Waals surface area contributed by atoms with Gasteiger partial charge in [0, 0.05) is 18.5 Å². The lowest BCUT2D eigenvalue weighted by atomic mass is 9.98. The number of ether oxygens (including phenoxy) is 1. The van der Waals surface area contributed by atoms with E-state index in [2.05, 4.69) is 34.9 Å². The largest absolute Gasteiger partial charge is 0.480 e. The van der Waals surface area contributed by atoms with Gasteiger partial charge in [-0.25, -0.2) is 9.59 Å².